The summed E-state index contributed by atoms with van der Waals surface area (Å²) in [5.41, 5.74) is 0.877. The fourth-order valence-corrected chi connectivity index (χ4v) is 2.70. The molecule has 0 fully saturated rings. The molecule has 0 heterocycles. The zero-order chi connectivity index (χ0) is 21.5. The van der Waals surface area contributed by atoms with Gasteiger partial charge in [0.2, 0.25) is 0 Å². The molecule has 2 rings (SSSR count). The quantitative estimate of drug-likeness (QED) is 0.618. The second-order valence-corrected chi connectivity index (χ2v) is 7.27. The summed E-state index contributed by atoms with van der Waals surface area (Å²) in [4.78, 5) is 0. The maximum atomic E-state index is 12.1. The van der Waals surface area contributed by atoms with Crippen LogP contribution in [0.3, 0.4) is 0 Å². The number of hydrogen-bond acceptors (Lipinski definition) is 5. The van der Waals surface area contributed by atoms with E-state index in [1.54, 1.807) is 7.11 Å². The highest BCUT2D eigenvalue weighted by atomic mass is 19.4. The minimum Gasteiger partial charge on any atom is -0.497 e. The maximum Gasteiger partial charge on any atom is 0.573 e. The van der Waals surface area contributed by atoms with Crippen LogP contribution >= 0.6 is 0 Å². The molecule has 0 saturated carbocycles. The van der Waals surface area contributed by atoms with Gasteiger partial charge in [-0.2, -0.15) is 0 Å². The van der Waals surface area contributed by atoms with Crippen LogP contribution in [0.5, 0.6) is 17.2 Å². The summed E-state index contributed by atoms with van der Waals surface area (Å²) in [6.07, 6.45) is -4.76. The molecule has 1 unspecified atom stereocenters. The number of alkyl halides is 3. The SMILES string of the molecule is COc1ccc(CC(C)(C)NCC(O)COc2ccc(OC(F)(F)F)cc2)cc1. The number of aliphatic hydroxyl groups excluding tert-OH is 1. The lowest BCUT2D eigenvalue weighted by Crippen LogP contribution is -2.46. The topological polar surface area (TPSA) is 60.0 Å². The zero-order valence-corrected chi connectivity index (χ0v) is 16.6. The summed E-state index contributed by atoms with van der Waals surface area (Å²) >= 11 is 0. The third-order valence-corrected chi connectivity index (χ3v) is 4.12. The molecule has 0 aliphatic heterocycles. The molecule has 0 radical (unpaired) electrons. The van der Waals surface area contributed by atoms with E-state index in [-0.39, 0.29) is 17.9 Å². The Bertz CT molecular complexity index is 746. The van der Waals surface area contributed by atoms with E-state index in [4.69, 9.17) is 9.47 Å². The summed E-state index contributed by atoms with van der Waals surface area (Å²) in [5, 5.41) is 13.4. The molecule has 0 aliphatic rings. The van der Waals surface area contributed by atoms with Crippen LogP contribution in [0.2, 0.25) is 0 Å². The van der Waals surface area contributed by atoms with Gasteiger partial charge in [0.15, 0.2) is 0 Å². The van der Waals surface area contributed by atoms with Gasteiger partial charge in [-0.3, -0.25) is 0 Å². The number of halogens is 3. The number of ether oxygens (including phenoxy) is 3. The highest BCUT2D eigenvalue weighted by Gasteiger charge is 2.31. The summed E-state index contributed by atoms with van der Waals surface area (Å²) in [7, 11) is 1.62. The lowest BCUT2D eigenvalue weighted by atomic mass is 9.94. The molecule has 0 bridgehead atoms. The summed E-state index contributed by atoms with van der Waals surface area (Å²) in [5.74, 6) is 0.813. The van der Waals surface area contributed by atoms with E-state index in [1.807, 2.05) is 38.1 Å². The molecule has 0 amide bonds. The third-order valence-electron chi connectivity index (χ3n) is 4.12. The van der Waals surface area contributed by atoms with Crippen molar-refractivity contribution in [3.8, 4) is 17.2 Å². The lowest BCUT2D eigenvalue weighted by Gasteiger charge is -2.28. The first-order chi connectivity index (χ1) is 13.6. The van der Waals surface area contributed by atoms with E-state index in [0.29, 0.717) is 12.3 Å². The second-order valence-electron chi connectivity index (χ2n) is 7.27. The van der Waals surface area contributed by atoms with Gasteiger partial charge in [-0.05, 0) is 62.2 Å². The Kier molecular flexibility index (Phi) is 7.75. The van der Waals surface area contributed by atoms with Crippen LogP contribution in [-0.4, -0.2) is 43.4 Å². The fraction of sp³-hybridized carbons (Fsp3) is 0.429. The molecule has 0 spiro atoms. The van der Waals surface area contributed by atoms with Gasteiger partial charge in [0.05, 0.1) is 7.11 Å². The van der Waals surface area contributed by atoms with E-state index in [1.165, 1.54) is 12.1 Å². The van der Waals surface area contributed by atoms with Crippen molar-refractivity contribution in [3.63, 3.8) is 0 Å². The standard InChI is InChI=1S/C21H26F3NO4/c1-20(2,12-15-4-6-17(27-3)7-5-15)25-13-16(26)14-28-18-8-10-19(11-9-18)29-21(22,23)24/h4-11,16,25-26H,12-14H2,1-3H3. The van der Waals surface area contributed by atoms with E-state index < -0.39 is 12.5 Å². The molecular formula is C21H26F3NO4. The molecule has 29 heavy (non-hydrogen) atoms. The van der Waals surface area contributed by atoms with Crippen LogP contribution in [0, 0.1) is 0 Å². The van der Waals surface area contributed by atoms with Gasteiger partial charge in [0, 0.05) is 12.1 Å². The molecule has 1 atom stereocenters. The number of rotatable bonds is 10. The van der Waals surface area contributed by atoms with Crippen LogP contribution in [0.25, 0.3) is 0 Å². The number of hydrogen-bond donors (Lipinski definition) is 2. The molecule has 0 aliphatic carbocycles. The number of benzene rings is 2. The second kappa shape index (κ2) is 9.84. The van der Waals surface area contributed by atoms with Crippen molar-refractivity contribution in [1.29, 1.82) is 0 Å². The van der Waals surface area contributed by atoms with Crippen molar-refractivity contribution in [2.75, 3.05) is 20.3 Å². The van der Waals surface area contributed by atoms with Gasteiger partial charge in [-0.1, -0.05) is 12.1 Å². The van der Waals surface area contributed by atoms with Crippen molar-refractivity contribution in [3.05, 3.63) is 54.1 Å². The monoisotopic (exact) mass is 413 g/mol. The average molecular weight is 413 g/mol. The maximum absolute atomic E-state index is 12.1. The highest BCUT2D eigenvalue weighted by Crippen LogP contribution is 2.24. The minimum atomic E-state index is -4.73. The Labute approximate surface area is 168 Å². The zero-order valence-electron chi connectivity index (χ0n) is 16.6. The molecule has 2 aromatic rings. The van der Waals surface area contributed by atoms with Gasteiger partial charge in [0.25, 0.3) is 0 Å². The summed E-state index contributed by atoms with van der Waals surface area (Å²) in [6.45, 7) is 4.37. The Balaban J connectivity index is 1.75. The van der Waals surface area contributed by atoms with E-state index >= 15 is 0 Å². The van der Waals surface area contributed by atoms with Crippen LogP contribution in [0.15, 0.2) is 48.5 Å². The van der Waals surface area contributed by atoms with E-state index in [2.05, 4.69) is 10.1 Å². The Morgan fingerprint density at radius 3 is 2.03 bits per heavy atom. The van der Waals surface area contributed by atoms with Crippen molar-refractivity contribution < 1.29 is 32.5 Å². The number of methoxy groups -OCH3 is 1. The first-order valence-electron chi connectivity index (χ1n) is 9.11. The predicted molar refractivity (Wildman–Crippen MR) is 103 cm³/mol. The average Bonchev–Trinajstić information content (AvgIpc) is 2.65. The van der Waals surface area contributed by atoms with Gasteiger partial charge < -0.3 is 24.6 Å². The molecule has 0 saturated heterocycles. The first kappa shape index (κ1) is 22.8. The highest BCUT2D eigenvalue weighted by molar-refractivity contribution is 5.31. The van der Waals surface area contributed by atoms with E-state index in [0.717, 1.165) is 29.9 Å². The predicted octanol–water partition coefficient (Wildman–Crippen LogP) is 3.94. The number of aliphatic hydroxyl groups is 1. The Hall–Kier alpha value is -2.45. The molecular weight excluding hydrogens is 387 g/mol. The molecule has 2 N–H and O–H groups in total. The van der Waals surface area contributed by atoms with Crippen molar-refractivity contribution in [2.24, 2.45) is 0 Å². The summed E-state index contributed by atoms with van der Waals surface area (Å²) in [6, 6.07) is 12.8. The lowest BCUT2D eigenvalue weighted by molar-refractivity contribution is -0.274. The van der Waals surface area contributed by atoms with Gasteiger partial charge >= 0.3 is 6.36 Å². The smallest absolute Gasteiger partial charge is 0.497 e. The molecule has 5 nitrogen and oxygen atoms in total. The largest absolute Gasteiger partial charge is 0.573 e. The molecule has 2 aromatic carbocycles. The van der Waals surface area contributed by atoms with Gasteiger partial charge in [0.1, 0.15) is 30.0 Å². The fourth-order valence-electron chi connectivity index (χ4n) is 2.70. The minimum absolute atomic E-state index is 0.00505. The number of β-amino-alcohol motifs (C(OH)–C–C–N with tert-alkyl or cyclic N) is 1. The van der Waals surface area contributed by atoms with Gasteiger partial charge in [-0.25, -0.2) is 0 Å². The van der Waals surface area contributed by atoms with Crippen molar-refractivity contribution >= 4 is 0 Å². The van der Waals surface area contributed by atoms with Crippen LogP contribution in [0.4, 0.5) is 13.2 Å². The number of nitrogens with one attached hydrogen (secondary N) is 1. The van der Waals surface area contributed by atoms with Gasteiger partial charge in [-0.15, -0.1) is 13.2 Å². The van der Waals surface area contributed by atoms with Crippen LogP contribution < -0.4 is 19.5 Å². The van der Waals surface area contributed by atoms with Crippen molar-refractivity contribution in [1.82, 2.24) is 5.32 Å². The Morgan fingerprint density at radius 1 is 0.931 bits per heavy atom. The van der Waals surface area contributed by atoms with Crippen LogP contribution in [0.1, 0.15) is 19.4 Å². The summed E-state index contributed by atoms with van der Waals surface area (Å²) < 4.78 is 50.8. The van der Waals surface area contributed by atoms with Crippen molar-refractivity contribution in [2.45, 2.75) is 38.3 Å². The normalized spacial score (nSPS) is 13.1. The van der Waals surface area contributed by atoms with E-state index in [9.17, 15) is 18.3 Å². The first-order valence-corrected chi connectivity index (χ1v) is 9.11. The molecule has 8 heteroatoms. The van der Waals surface area contributed by atoms with Crippen LogP contribution in [-0.2, 0) is 6.42 Å². The molecule has 160 valence electrons. The molecule has 0 aromatic heterocycles. The third kappa shape index (κ3) is 8.62. The Morgan fingerprint density at radius 2 is 1.48 bits per heavy atom.